The van der Waals surface area contributed by atoms with Gasteiger partial charge in [-0.25, -0.2) is 0 Å². The molecule has 0 aromatic heterocycles. The van der Waals surface area contributed by atoms with Gasteiger partial charge in [0.2, 0.25) is 0 Å². The summed E-state index contributed by atoms with van der Waals surface area (Å²) in [6, 6.07) is 0. The third-order valence-electron chi connectivity index (χ3n) is 2.31. The van der Waals surface area contributed by atoms with Crippen LogP contribution in [0.3, 0.4) is 0 Å². The van der Waals surface area contributed by atoms with Gasteiger partial charge in [-0.15, -0.1) is 23.4 Å². The number of alkyl halides is 1. The van der Waals surface area contributed by atoms with E-state index in [0.29, 0.717) is 6.61 Å². The van der Waals surface area contributed by atoms with Crippen LogP contribution in [0.15, 0.2) is 0 Å². The van der Waals surface area contributed by atoms with Gasteiger partial charge in [-0.3, -0.25) is 4.79 Å². The zero-order valence-electron chi connectivity index (χ0n) is 10.8. The highest BCUT2D eigenvalue weighted by atomic mass is 35.5. The van der Waals surface area contributed by atoms with Gasteiger partial charge in [0.25, 0.3) is 0 Å². The third-order valence-corrected chi connectivity index (χ3v) is 2.58. The van der Waals surface area contributed by atoms with Crippen LogP contribution < -0.4 is 0 Å². The van der Waals surface area contributed by atoms with Gasteiger partial charge in [0.1, 0.15) is 0 Å². The Morgan fingerprint density at radius 3 is 2.18 bits per heavy atom. The summed E-state index contributed by atoms with van der Waals surface area (Å²) in [5, 5.41) is 0. The summed E-state index contributed by atoms with van der Waals surface area (Å²) in [6.07, 6.45) is 8.50. The Labute approximate surface area is 110 Å². The lowest BCUT2D eigenvalue weighted by atomic mass is 10.1. The number of hydrogen-bond acceptors (Lipinski definition) is 2. The van der Waals surface area contributed by atoms with E-state index in [2.05, 4.69) is 11.8 Å². The quantitative estimate of drug-likeness (QED) is 0.271. The maximum atomic E-state index is 10.5. The second-order valence-corrected chi connectivity index (χ2v) is 4.38. The molecule has 0 unspecified atom stereocenters. The maximum absolute atomic E-state index is 10.5. The van der Waals surface area contributed by atoms with Crippen molar-refractivity contribution in [3.8, 4) is 11.8 Å². The number of hydrogen-bond donors (Lipinski definition) is 0. The van der Waals surface area contributed by atoms with E-state index in [1.165, 1.54) is 6.92 Å². The van der Waals surface area contributed by atoms with Crippen molar-refractivity contribution in [3.05, 3.63) is 0 Å². The Bertz CT molecular complexity index is 240. The van der Waals surface area contributed by atoms with Crippen LogP contribution >= 0.6 is 11.6 Å². The topological polar surface area (TPSA) is 26.3 Å². The van der Waals surface area contributed by atoms with E-state index >= 15 is 0 Å². The van der Waals surface area contributed by atoms with E-state index in [9.17, 15) is 4.79 Å². The van der Waals surface area contributed by atoms with Crippen LogP contribution in [0.4, 0.5) is 0 Å². The van der Waals surface area contributed by atoms with Crippen LogP contribution in [-0.2, 0) is 9.53 Å². The van der Waals surface area contributed by atoms with Gasteiger partial charge in [0, 0.05) is 25.6 Å². The van der Waals surface area contributed by atoms with Gasteiger partial charge in [0.15, 0.2) is 0 Å². The molecule has 0 aliphatic rings. The van der Waals surface area contributed by atoms with Crippen LogP contribution in [0.25, 0.3) is 0 Å². The van der Waals surface area contributed by atoms with Crippen molar-refractivity contribution in [2.45, 2.75) is 58.3 Å². The molecule has 0 bridgehead atoms. The number of carbonyl (C=O) groups excluding carboxylic acids is 1. The minimum absolute atomic E-state index is 0.187. The van der Waals surface area contributed by atoms with Crippen LogP contribution in [0, 0.1) is 11.8 Å². The van der Waals surface area contributed by atoms with E-state index in [4.69, 9.17) is 16.3 Å². The van der Waals surface area contributed by atoms with E-state index in [1.54, 1.807) is 0 Å². The molecule has 0 saturated carbocycles. The molecule has 0 aliphatic heterocycles. The average Bonchev–Trinajstić information content (AvgIpc) is 2.30. The fourth-order valence-corrected chi connectivity index (χ4v) is 1.56. The van der Waals surface area contributed by atoms with E-state index in [1.807, 2.05) is 0 Å². The summed E-state index contributed by atoms with van der Waals surface area (Å²) >= 11 is 5.56. The molecule has 0 aromatic carbocycles. The molecular weight excluding hydrogens is 236 g/mol. The lowest BCUT2D eigenvalue weighted by molar-refractivity contribution is -0.141. The first kappa shape index (κ1) is 16.3. The zero-order chi connectivity index (χ0) is 12.8. The summed E-state index contributed by atoms with van der Waals surface area (Å²) in [6.45, 7) is 2.00. The zero-order valence-corrected chi connectivity index (χ0v) is 11.5. The minimum Gasteiger partial charge on any atom is -0.466 e. The van der Waals surface area contributed by atoms with Crippen LogP contribution in [0.2, 0.25) is 0 Å². The Morgan fingerprint density at radius 2 is 1.59 bits per heavy atom. The Hall–Kier alpha value is -0.680. The largest absolute Gasteiger partial charge is 0.466 e. The van der Waals surface area contributed by atoms with E-state index < -0.39 is 0 Å². The summed E-state index contributed by atoms with van der Waals surface area (Å²) < 4.78 is 4.85. The van der Waals surface area contributed by atoms with Gasteiger partial charge in [-0.1, -0.05) is 12.8 Å². The molecule has 0 radical (unpaired) electrons. The number of carbonyl (C=O) groups is 1. The third kappa shape index (κ3) is 15.3. The summed E-state index contributed by atoms with van der Waals surface area (Å²) in [4.78, 5) is 10.5. The van der Waals surface area contributed by atoms with Crippen molar-refractivity contribution in [2.75, 3.05) is 12.5 Å². The van der Waals surface area contributed by atoms with Crippen molar-refractivity contribution < 1.29 is 9.53 Å². The fraction of sp³-hybridized carbons (Fsp3) is 0.786. The van der Waals surface area contributed by atoms with Crippen molar-refractivity contribution >= 4 is 17.6 Å². The van der Waals surface area contributed by atoms with Gasteiger partial charge >= 0.3 is 5.97 Å². The van der Waals surface area contributed by atoms with Gasteiger partial charge in [0.05, 0.1) is 6.61 Å². The number of esters is 1. The standard InChI is InChI=1S/C14H23ClO2/c1-14(16)17-13-11-9-7-5-3-2-4-6-8-10-12-15/h3,5-13H2,1H3. The highest BCUT2D eigenvalue weighted by molar-refractivity contribution is 6.17. The summed E-state index contributed by atoms with van der Waals surface area (Å²) in [5.41, 5.74) is 0. The molecular formula is C14H23ClO2. The molecule has 0 spiro atoms. The van der Waals surface area contributed by atoms with Gasteiger partial charge < -0.3 is 4.74 Å². The Kier molecular flexibility index (Phi) is 12.8. The monoisotopic (exact) mass is 258 g/mol. The molecule has 98 valence electrons. The molecule has 17 heavy (non-hydrogen) atoms. The Morgan fingerprint density at radius 1 is 1.00 bits per heavy atom. The SMILES string of the molecule is CC(=O)OCCCCCCC#CCCCCCl. The van der Waals surface area contributed by atoms with Gasteiger partial charge in [-0.2, -0.15) is 0 Å². The van der Waals surface area contributed by atoms with E-state index in [0.717, 1.165) is 57.2 Å². The van der Waals surface area contributed by atoms with Crippen molar-refractivity contribution in [1.82, 2.24) is 0 Å². The van der Waals surface area contributed by atoms with Crippen molar-refractivity contribution in [1.29, 1.82) is 0 Å². The number of halogens is 1. The highest BCUT2D eigenvalue weighted by Crippen LogP contribution is 2.03. The second kappa shape index (κ2) is 13.4. The molecule has 0 saturated heterocycles. The minimum atomic E-state index is -0.187. The fourth-order valence-electron chi connectivity index (χ4n) is 1.37. The van der Waals surface area contributed by atoms with Crippen molar-refractivity contribution in [2.24, 2.45) is 0 Å². The normalized spacial score (nSPS) is 9.53. The Balaban J connectivity index is 3.09. The number of unbranched alkanes of at least 4 members (excludes halogenated alkanes) is 6. The molecule has 0 aliphatic carbocycles. The number of rotatable bonds is 9. The molecule has 0 heterocycles. The lowest BCUT2D eigenvalue weighted by Crippen LogP contribution is -1.99. The van der Waals surface area contributed by atoms with Gasteiger partial charge in [-0.05, 0) is 25.7 Å². The first-order valence-electron chi connectivity index (χ1n) is 6.42. The smallest absolute Gasteiger partial charge is 0.302 e. The second-order valence-electron chi connectivity index (χ2n) is 4.00. The molecule has 0 amide bonds. The molecule has 0 aromatic rings. The average molecular weight is 259 g/mol. The van der Waals surface area contributed by atoms with Crippen LogP contribution in [0.1, 0.15) is 58.3 Å². The molecule has 0 rings (SSSR count). The van der Waals surface area contributed by atoms with Crippen molar-refractivity contribution in [3.63, 3.8) is 0 Å². The lowest BCUT2D eigenvalue weighted by Gasteiger charge is -2.00. The predicted molar refractivity (Wildman–Crippen MR) is 72.1 cm³/mol. The first-order chi connectivity index (χ1) is 8.27. The maximum Gasteiger partial charge on any atom is 0.302 e. The number of ether oxygens (including phenoxy) is 1. The summed E-state index contributed by atoms with van der Waals surface area (Å²) in [5.74, 6) is 6.89. The summed E-state index contributed by atoms with van der Waals surface area (Å²) in [7, 11) is 0. The van der Waals surface area contributed by atoms with Crippen LogP contribution in [-0.4, -0.2) is 18.5 Å². The van der Waals surface area contributed by atoms with Crippen LogP contribution in [0.5, 0.6) is 0 Å². The molecule has 0 fully saturated rings. The highest BCUT2D eigenvalue weighted by Gasteiger charge is 1.92. The predicted octanol–water partition coefficient (Wildman–Crippen LogP) is 3.91. The molecule has 2 nitrogen and oxygen atoms in total. The molecule has 3 heteroatoms. The molecule has 0 N–H and O–H groups in total. The first-order valence-corrected chi connectivity index (χ1v) is 6.96. The molecule has 0 atom stereocenters. The van der Waals surface area contributed by atoms with E-state index in [-0.39, 0.29) is 5.97 Å².